The van der Waals surface area contributed by atoms with Crippen LogP contribution in [-0.4, -0.2) is 62.1 Å². The van der Waals surface area contributed by atoms with Crippen molar-refractivity contribution in [2.24, 2.45) is 4.99 Å². The number of hydrogen-bond donors (Lipinski definition) is 3. The summed E-state index contributed by atoms with van der Waals surface area (Å²) in [6.45, 7) is 3.33. The summed E-state index contributed by atoms with van der Waals surface area (Å²) in [5, 5.41) is 9.60. The Bertz CT molecular complexity index is 675. The van der Waals surface area contributed by atoms with Crippen LogP contribution in [0.5, 0.6) is 0 Å². The van der Waals surface area contributed by atoms with Crippen molar-refractivity contribution in [2.75, 3.05) is 33.2 Å². The van der Waals surface area contributed by atoms with E-state index >= 15 is 0 Å². The van der Waals surface area contributed by atoms with Crippen molar-refractivity contribution < 1.29 is 9.18 Å². The first-order valence-corrected chi connectivity index (χ1v) is 10.4. The van der Waals surface area contributed by atoms with E-state index in [-0.39, 0.29) is 18.1 Å². The van der Waals surface area contributed by atoms with Gasteiger partial charge in [0, 0.05) is 45.3 Å². The number of hydrogen-bond acceptors (Lipinski definition) is 3. The minimum Gasteiger partial charge on any atom is -0.355 e. The summed E-state index contributed by atoms with van der Waals surface area (Å²) in [5.74, 6) is 0.344. The minimum absolute atomic E-state index is 0.113. The van der Waals surface area contributed by atoms with Gasteiger partial charge in [-0.3, -0.25) is 14.7 Å². The van der Waals surface area contributed by atoms with Gasteiger partial charge in [0.25, 0.3) is 0 Å². The molecule has 1 aliphatic carbocycles. The minimum atomic E-state index is -0.319. The molecule has 1 aromatic rings. The Hall–Kier alpha value is -2.15. The summed E-state index contributed by atoms with van der Waals surface area (Å²) in [4.78, 5) is 18.9. The zero-order valence-electron chi connectivity index (χ0n) is 16.7. The normalized spacial score (nSPS) is 21.1. The van der Waals surface area contributed by atoms with Crippen LogP contribution < -0.4 is 16.0 Å². The zero-order valence-corrected chi connectivity index (χ0v) is 16.7. The van der Waals surface area contributed by atoms with E-state index in [4.69, 9.17) is 0 Å². The third kappa shape index (κ3) is 6.19. The SMILES string of the molecule is CN=C(NCCNC(=O)Cc1cccc(F)c1)NC1CCN(C2CCCC2)C1. The smallest absolute Gasteiger partial charge is 0.224 e. The van der Waals surface area contributed by atoms with E-state index in [0.29, 0.717) is 24.7 Å². The Morgan fingerprint density at radius 3 is 2.75 bits per heavy atom. The van der Waals surface area contributed by atoms with Crippen LogP contribution in [0.1, 0.15) is 37.7 Å². The first kappa shape index (κ1) is 20.6. The van der Waals surface area contributed by atoms with Gasteiger partial charge in [0.05, 0.1) is 6.42 Å². The fraction of sp³-hybridized carbons (Fsp3) is 0.619. The zero-order chi connectivity index (χ0) is 19.8. The quantitative estimate of drug-likeness (QED) is 0.377. The number of amides is 1. The number of aliphatic imine (C=N–C) groups is 1. The predicted octanol–water partition coefficient (Wildman–Crippen LogP) is 1.67. The largest absolute Gasteiger partial charge is 0.355 e. The average molecular weight is 390 g/mol. The molecule has 1 saturated heterocycles. The molecule has 1 aromatic carbocycles. The Labute approximate surface area is 167 Å². The number of nitrogens with zero attached hydrogens (tertiary/aromatic N) is 2. The lowest BCUT2D eigenvalue weighted by atomic mass is 10.1. The molecule has 1 heterocycles. The van der Waals surface area contributed by atoms with E-state index in [1.165, 1.54) is 37.8 Å². The molecule has 154 valence electrons. The average Bonchev–Trinajstić information content (AvgIpc) is 3.35. The van der Waals surface area contributed by atoms with Crippen molar-refractivity contribution >= 4 is 11.9 Å². The van der Waals surface area contributed by atoms with Gasteiger partial charge in [-0.1, -0.05) is 25.0 Å². The molecular weight excluding hydrogens is 357 g/mol. The summed E-state index contributed by atoms with van der Waals surface area (Å²) in [5.41, 5.74) is 0.677. The fourth-order valence-corrected chi connectivity index (χ4v) is 4.17. The van der Waals surface area contributed by atoms with Crippen LogP contribution >= 0.6 is 0 Å². The van der Waals surface area contributed by atoms with Gasteiger partial charge in [-0.15, -0.1) is 0 Å². The molecular formula is C21H32FN5O. The highest BCUT2D eigenvalue weighted by Crippen LogP contribution is 2.26. The Kier molecular flexibility index (Phi) is 7.65. The van der Waals surface area contributed by atoms with Crippen molar-refractivity contribution in [1.82, 2.24) is 20.9 Å². The van der Waals surface area contributed by atoms with E-state index in [1.54, 1.807) is 19.2 Å². The van der Waals surface area contributed by atoms with Crippen LogP contribution in [0.2, 0.25) is 0 Å². The van der Waals surface area contributed by atoms with Crippen molar-refractivity contribution in [3.05, 3.63) is 35.6 Å². The lowest BCUT2D eigenvalue weighted by molar-refractivity contribution is -0.120. The highest BCUT2D eigenvalue weighted by molar-refractivity contribution is 5.80. The van der Waals surface area contributed by atoms with Gasteiger partial charge in [-0.2, -0.15) is 0 Å². The standard InChI is InChI=1S/C21H32FN5O/c1-23-21(26-18-9-12-27(15-18)19-7-2-3-8-19)25-11-10-24-20(28)14-16-5-4-6-17(22)13-16/h4-6,13,18-19H,2-3,7-12,14-15H2,1H3,(H,24,28)(H2,23,25,26). The molecule has 28 heavy (non-hydrogen) atoms. The van der Waals surface area contributed by atoms with Crippen molar-refractivity contribution in [3.63, 3.8) is 0 Å². The van der Waals surface area contributed by atoms with Crippen LogP contribution in [-0.2, 0) is 11.2 Å². The van der Waals surface area contributed by atoms with Crippen LogP contribution in [0.15, 0.2) is 29.3 Å². The molecule has 1 aliphatic heterocycles. The van der Waals surface area contributed by atoms with Gasteiger partial charge in [-0.05, 0) is 37.0 Å². The lowest BCUT2D eigenvalue weighted by Crippen LogP contribution is -2.47. The second kappa shape index (κ2) is 10.4. The number of likely N-dealkylation sites (tertiary alicyclic amines) is 1. The van der Waals surface area contributed by atoms with Gasteiger partial charge < -0.3 is 16.0 Å². The number of guanidine groups is 1. The van der Waals surface area contributed by atoms with E-state index in [1.807, 2.05) is 0 Å². The second-order valence-electron chi connectivity index (χ2n) is 7.72. The number of rotatable bonds is 7. The van der Waals surface area contributed by atoms with Gasteiger partial charge in [0.2, 0.25) is 5.91 Å². The topological polar surface area (TPSA) is 68.8 Å². The van der Waals surface area contributed by atoms with Gasteiger partial charge in [0.15, 0.2) is 5.96 Å². The third-order valence-corrected chi connectivity index (χ3v) is 5.62. The number of carbonyl (C=O) groups is 1. The highest BCUT2D eigenvalue weighted by Gasteiger charge is 2.30. The molecule has 0 radical (unpaired) electrons. The number of benzene rings is 1. The van der Waals surface area contributed by atoms with E-state index < -0.39 is 0 Å². The van der Waals surface area contributed by atoms with E-state index in [0.717, 1.165) is 31.5 Å². The monoisotopic (exact) mass is 389 g/mol. The molecule has 2 fully saturated rings. The third-order valence-electron chi connectivity index (χ3n) is 5.62. The van der Waals surface area contributed by atoms with Gasteiger partial charge >= 0.3 is 0 Å². The summed E-state index contributed by atoms with van der Waals surface area (Å²) in [6, 6.07) is 7.33. The molecule has 0 bridgehead atoms. The predicted molar refractivity (Wildman–Crippen MR) is 110 cm³/mol. The van der Waals surface area contributed by atoms with Gasteiger partial charge in [-0.25, -0.2) is 4.39 Å². The maximum Gasteiger partial charge on any atom is 0.224 e. The van der Waals surface area contributed by atoms with Crippen LogP contribution in [0.25, 0.3) is 0 Å². The first-order valence-electron chi connectivity index (χ1n) is 10.4. The van der Waals surface area contributed by atoms with Crippen molar-refractivity contribution in [3.8, 4) is 0 Å². The maximum atomic E-state index is 13.2. The molecule has 3 N–H and O–H groups in total. The Morgan fingerprint density at radius 2 is 2.00 bits per heavy atom. The summed E-state index contributed by atoms with van der Waals surface area (Å²) in [6.07, 6.45) is 6.75. The molecule has 6 nitrogen and oxygen atoms in total. The van der Waals surface area contributed by atoms with Crippen LogP contribution in [0, 0.1) is 5.82 Å². The molecule has 0 aromatic heterocycles. The first-order chi connectivity index (χ1) is 13.6. The summed E-state index contributed by atoms with van der Waals surface area (Å²) in [7, 11) is 1.77. The highest BCUT2D eigenvalue weighted by atomic mass is 19.1. The number of nitrogens with one attached hydrogen (secondary N) is 3. The maximum absolute atomic E-state index is 13.2. The Morgan fingerprint density at radius 1 is 1.21 bits per heavy atom. The fourth-order valence-electron chi connectivity index (χ4n) is 4.17. The van der Waals surface area contributed by atoms with Gasteiger partial charge in [0.1, 0.15) is 5.82 Å². The molecule has 0 spiro atoms. The van der Waals surface area contributed by atoms with Crippen LogP contribution in [0.4, 0.5) is 4.39 Å². The Balaban J connectivity index is 1.31. The molecule has 3 rings (SSSR count). The molecule has 7 heteroatoms. The lowest BCUT2D eigenvalue weighted by Gasteiger charge is -2.24. The van der Waals surface area contributed by atoms with Crippen molar-refractivity contribution in [1.29, 1.82) is 0 Å². The summed E-state index contributed by atoms with van der Waals surface area (Å²) < 4.78 is 13.2. The molecule has 1 atom stereocenters. The molecule has 1 unspecified atom stereocenters. The molecule has 1 saturated carbocycles. The molecule has 1 amide bonds. The van der Waals surface area contributed by atoms with Crippen molar-refractivity contribution in [2.45, 2.75) is 50.6 Å². The number of carbonyl (C=O) groups excluding carboxylic acids is 1. The van der Waals surface area contributed by atoms with E-state index in [9.17, 15) is 9.18 Å². The second-order valence-corrected chi connectivity index (χ2v) is 7.72. The summed E-state index contributed by atoms with van der Waals surface area (Å²) >= 11 is 0. The number of halogens is 1. The molecule has 2 aliphatic rings. The van der Waals surface area contributed by atoms with E-state index in [2.05, 4.69) is 25.8 Å². The van der Waals surface area contributed by atoms with Crippen LogP contribution in [0.3, 0.4) is 0 Å².